The molecule has 1 fully saturated rings. The summed E-state index contributed by atoms with van der Waals surface area (Å²) in [6.07, 6.45) is 6.43. The maximum Gasteiger partial charge on any atom is 0.168 e. The van der Waals surface area contributed by atoms with Crippen LogP contribution in [0.1, 0.15) is 41.6 Å². The second-order valence-corrected chi connectivity index (χ2v) is 5.10. The van der Waals surface area contributed by atoms with Crippen LogP contribution in [0, 0.1) is 12.8 Å². The molecule has 1 aromatic heterocycles. The molecule has 1 aliphatic rings. The van der Waals surface area contributed by atoms with Gasteiger partial charge in [0.2, 0.25) is 0 Å². The Morgan fingerprint density at radius 1 is 1.29 bits per heavy atom. The van der Waals surface area contributed by atoms with Crippen LogP contribution in [0.4, 0.5) is 0 Å². The monoisotopic (exact) mass is 227 g/mol. The predicted molar refractivity (Wildman–Crippen MR) is 69.3 cm³/mol. The van der Waals surface area contributed by atoms with Crippen molar-refractivity contribution in [1.29, 1.82) is 0 Å². The lowest BCUT2D eigenvalue weighted by Crippen LogP contribution is -2.10. The number of Topliss-reactive ketones (excluding diaryl/α,β-unsaturated/α-hetero) is 1. The number of carbonyl (C=O) groups is 1. The molecule has 0 radical (unpaired) electrons. The van der Waals surface area contributed by atoms with E-state index in [9.17, 15) is 4.79 Å². The fourth-order valence-corrected chi connectivity index (χ4v) is 2.85. The highest BCUT2D eigenvalue weighted by atomic mass is 16.1. The van der Waals surface area contributed by atoms with Crippen LogP contribution in [0.5, 0.6) is 0 Å². The fourth-order valence-electron chi connectivity index (χ4n) is 2.85. The summed E-state index contributed by atoms with van der Waals surface area (Å²) in [6, 6.07) is 6.23. The molecule has 1 heterocycles. The molecule has 0 atom stereocenters. The van der Waals surface area contributed by atoms with E-state index in [1.54, 1.807) is 0 Å². The number of hydrogen-bond acceptors (Lipinski definition) is 1. The standard InChI is InChI=1S/C15H17NO/c1-10-6-7-14-12(8-10)13(9-16-14)15(17)11-4-2-3-5-11/h6-9,11,16H,2-5H2,1H3. The zero-order chi connectivity index (χ0) is 11.8. The van der Waals surface area contributed by atoms with Crippen molar-refractivity contribution in [1.82, 2.24) is 4.98 Å². The van der Waals surface area contributed by atoms with Crippen LogP contribution in [0.25, 0.3) is 10.9 Å². The van der Waals surface area contributed by atoms with Gasteiger partial charge in [-0.15, -0.1) is 0 Å². The lowest BCUT2D eigenvalue weighted by Gasteiger charge is -2.06. The molecule has 1 saturated carbocycles. The van der Waals surface area contributed by atoms with Crippen LogP contribution in [0.2, 0.25) is 0 Å². The first-order chi connectivity index (χ1) is 8.25. The topological polar surface area (TPSA) is 32.9 Å². The molecule has 1 N–H and O–H groups in total. The predicted octanol–water partition coefficient (Wildman–Crippen LogP) is 3.85. The summed E-state index contributed by atoms with van der Waals surface area (Å²) in [5, 5.41) is 1.09. The molecular weight excluding hydrogens is 210 g/mol. The number of H-pyrrole nitrogens is 1. The summed E-state index contributed by atoms with van der Waals surface area (Å²) in [6.45, 7) is 2.07. The average molecular weight is 227 g/mol. The number of fused-ring (bicyclic) bond motifs is 1. The van der Waals surface area contributed by atoms with Crippen molar-refractivity contribution in [3.8, 4) is 0 Å². The minimum atomic E-state index is 0.259. The molecule has 0 spiro atoms. The van der Waals surface area contributed by atoms with Crippen molar-refractivity contribution >= 4 is 16.7 Å². The van der Waals surface area contributed by atoms with Gasteiger partial charge in [-0.2, -0.15) is 0 Å². The van der Waals surface area contributed by atoms with Gasteiger partial charge in [-0.1, -0.05) is 24.5 Å². The summed E-state index contributed by atoms with van der Waals surface area (Å²) in [5.41, 5.74) is 3.16. The summed E-state index contributed by atoms with van der Waals surface area (Å²) in [4.78, 5) is 15.6. The third-order valence-electron chi connectivity index (χ3n) is 3.83. The molecule has 0 bridgehead atoms. The Labute approximate surface area is 101 Å². The normalized spacial score (nSPS) is 16.8. The van der Waals surface area contributed by atoms with E-state index in [1.165, 1.54) is 18.4 Å². The number of rotatable bonds is 2. The van der Waals surface area contributed by atoms with Gasteiger partial charge in [0.25, 0.3) is 0 Å². The number of aryl methyl sites for hydroxylation is 1. The van der Waals surface area contributed by atoms with E-state index >= 15 is 0 Å². The minimum Gasteiger partial charge on any atom is -0.360 e. The number of carbonyl (C=O) groups excluding carboxylic acids is 1. The fraction of sp³-hybridized carbons (Fsp3) is 0.400. The molecule has 88 valence electrons. The Morgan fingerprint density at radius 3 is 2.82 bits per heavy atom. The molecule has 3 rings (SSSR count). The van der Waals surface area contributed by atoms with Gasteiger partial charge in [-0.3, -0.25) is 4.79 Å². The second-order valence-electron chi connectivity index (χ2n) is 5.10. The third kappa shape index (κ3) is 1.78. The van der Waals surface area contributed by atoms with E-state index in [1.807, 2.05) is 6.20 Å². The number of nitrogens with one attached hydrogen (secondary N) is 1. The molecule has 0 amide bonds. The molecule has 0 unspecified atom stereocenters. The Kier molecular flexibility index (Phi) is 2.50. The highest BCUT2D eigenvalue weighted by molar-refractivity contribution is 6.09. The number of benzene rings is 1. The first-order valence-corrected chi connectivity index (χ1v) is 6.37. The van der Waals surface area contributed by atoms with Crippen LogP contribution >= 0.6 is 0 Å². The number of hydrogen-bond donors (Lipinski definition) is 1. The van der Waals surface area contributed by atoms with Crippen molar-refractivity contribution in [3.05, 3.63) is 35.5 Å². The van der Waals surface area contributed by atoms with E-state index in [0.29, 0.717) is 5.78 Å². The van der Waals surface area contributed by atoms with Gasteiger partial charge in [0, 0.05) is 28.6 Å². The molecule has 2 nitrogen and oxygen atoms in total. The summed E-state index contributed by atoms with van der Waals surface area (Å²) in [7, 11) is 0. The highest BCUT2D eigenvalue weighted by Crippen LogP contribution is 2.30. The lowest BCUT2D eigenvalue weighted by atomic mass is 9.95. The van der Waals surface area contributed by atoms with Gasteiger partial charge in [-0.25, -0.2) is 0 Å². The van der Waals surface area contributed by atoms with Crippen molar-refractivity contribution in [2.24, 2.45) is 5.92 Å². The second kappa shape index (κ2) is 4.02. The van der Waals surface area contributed by atoms with Crippen molar-refractivity contribution in [3.63, 3.8) is 0 Å². The molecular formula is C15H17NO. The molecule has 0 saturated heterocycles. The molecule has 2 aromatic rings. The SMILES string of the molecule is Cc1ccc2[nH]cc(C(=O)C3CCCC3)c2c1. The zero-order valence-electron chi connectivity index (χ0n) is 10.1. The van der Waals surface area contributed by atoms with Crippen LogP contribution in [0.15, 0.2) is 24.4 Å². The van der Waals surface area contributed by atoms with E-state index in [4.69, 9.17) is 0 Å². The van der Waals surface area contributed by atoms with Gasteiger partial charge in [0.15, 0.2) is 5.78 Å². The van der Waals surface area contributed by atoms with Crippen molar-refractivity contribution in [2.75, 3.05) is 0 Å². The van der Waals surface area contributed by atoms with Crippen molar-refractivity contribution in [2.45, 2.75) is 32.6 Å². The number of ketones is 1. The van der Waals surface area contributed by atoms with E-state index < -0.39 is 0 Å². The van der Waals surface area contributed by atoms with Gasteiger partial charge in [0.05, 0.1) is 0 Å². The molecule has 17 heavy (non-hydrogen) atoms. The lowest BCUT2D eigenvalue weighted by molar-refractivity contribution is 0.0924. The first kappa shape index (κ1) is 10.6. The van der Waals surface area contributed by atoms with Gasteiger partial charge in [-0.05, 0) is 31.9 Å². The molecule has 1 aromatic carbocycles. The number of aromatic nitrogens is 1. The minimum absolute atomic E-state index is 0.259. The molecule has 1 aliphatic carbocycles. The Morgan fingerprint density at radius 2 is 2.06 bits per heavy atom. The first-order valence-electron chi connectivity index (χ1n) is 6.37. The van der Waals surface area contributed by atoms with Crippen LogP contribution in [-0.4, -0.2) is 10.8 Å². The Balaban J connectivity index is 2.04. The van der Waals surface area contributed by atoms with Gasteiger partial charge < -0.3 is 4.98 Å². The summed E-state index contributed by atoms with van der Waals surface area (Å²) < 4.78 is 0. The molecule has 0 aliphatic heterocycles. The highest BCUT2D eigenvalue weighted by Gasteiger charge is 2.25. The Hall–Kier alpha value is -1.57. The van der Waals surface area contributed by atoms with Crippen LogP contribution in [0.3, 0.4) is 0 Å². The summed E-state index contributed by atoms with van der Waals surface area (Å²) in [5.74, 6) is 0.592. The number of aromatic amines is 1. The van der Waals surface area contributed by atoms with E-state index in [2.05, 4.69) is 30.1 Å². The van der Waals surface area contributed by atoms with Crippen LogP contribution in [-0.2, 0) is 0 Å². The average Bonchev–Trinajstić information content (AvgIpc) is 2.97. The van der Waals surface area contributed by atoms with Gasteiger partial charge >= 0.3 is 0 Å². The Bertz CT molecular complexity index is 561. The maximum absolute atomic E-state index is 12.4. The van der Waals surface area contributed by atoms with E-state index in [-0.39, 0.29) is 5.92 Å². The van der Waals surface area contributed by atoms with Crippen molar-refractivity contribution < 1.29 is 4.79 Å². The summed E-state index contributed by atoms with van der Waals surface area (Å²) >= 11 is 0. The van der Waals surface area contributed by atoms with E-state index in [0.717, 1.165) is 29.3 Å². The van der Waals surface area contributed by atoms with Gasteiger partial charge in [0.1, 0.15) is 0 Å². The maximum atomic E-state index is 12.4. The molecule has 2 heteroatoms. The third-order valence-corrected chi connectivity index (χ3v) is 3.83. The largest absolute Gasteiger partial charge is 0.360 e. The zero-order valence-corrected chi connectivity index (χ0v) is 10.1. The quantitative estimate of drug-likeness (QED) is 0.777. The van der Waals surface area contributed by atoms with Crippen LogP contribution < -0.4 is 0 Å². The smallest absolute Gasteiger partial charge is 0.168 e.